The Labute approximate surface area is 195 Å². The number of likely N-dealkylation sites (N-methyl/N-ethyl adjacent to an activating group) is 1. The third-order valence-electron chi connectivity index (χ3n) is 5.50. The Morgan fingerprint density at radius 3 is 2.27 bits per heavy atom. The molecule has 2 aromatic carbocycles. The highest BCUT2D eigenvalue weighted by molar-refractivity contribution is 7.92. The van der Waals surface area contributed by atoms with Crippen molar-refractivity contribution in [2.75, 3.05) is 24.2 Å². The van der Waals surface area contributed by atoms with Crippen LogP contribution in [0.15, 0.2) is 48.5 Å². The molecule has 1 unspecified atom stereocenters. The number of nitrogens with one attached hydrogen (secondary N) is 1. The van der Waals surface area contributed by atoms with Gasteiger partial charge in [0.2, 0.25) is 21.8 Å². The van der Waals surface area contributed by atoms with Crippen molar-refractivity contribution in [2.45, 2.75) is 45.7 Å². The van der Waals surface area contributed by atoms with Gasteiger partial charge in [-0.2, -0.15) is 0 Å². The highest BCUT2D eigenvalue weighted by Gasteiger charge is 2.26. The maximum absolute atomic E-state index is 14.2. The maximum atomic E-state index is 14.2. The first-order chi connectivity index (χ1) is 15.6. The Hall–Kier alpha value is -2.94. The van der Waals surface area contributed by atoms with Crippen LogP contribution in [-0.4, -0.2) is 51.0 Å². The molecule has 0 aromatic heterocycles. The van der Waals surface area contributed by atoms with Crippen LogP contribution >= 0.6 is 0 Å². The minimum atomic E-state index is -3.55. The molecule has 33 heavy (non-hydrogen) atoms. The van der Waals surface area contributed by atoms with Gasteiger partial charge in [0.15, 0.2) is 0 Å². The van der Waals surface area contributed by atoms with Gasteiger partial charge in [0.1, 0.15) is 11.9 Å². The van der Waals surface area contributed by atoms with E-state index in [1.807, 2.05) is 19.1 Å². The van der Waals surface area contributed by atoms with Crippen LogP contribution in [0.1, 0.15) is 37.8 Å². The smallest absolute Gasteiger partial charge is 0.242 e. The summed E-state index contributed by atoms with van der Waals surface area (Å²) in [6.45, 7) is 3.64. The van der Waals surface area contributed by atoms with Gasteiger partial charge in [0.25, 0.3) is 0 Å². The van der Waals surface area contributed by atoms with Gasteiger partial charge >= 0.3 is 0 Å². The number of halogens is 1. The molecule has 0 aliphatic heterocycles. The topological polar surface area (TPSA) is 86.8 Å². The lowest BCUT2D eigenvalue weighted by molar-refractivity contribution is -0.140. The second kappa shape index (κ2) is 11.8. The van der Waals surface area contributed by atoms with Crippen molar-refractivity contribution in [1.29, 1.82) is 0 Å². The average Bonchev–Trinajstić information content (AvgIpc) is 2.79. The number of carbonyl (C=O) groups excluding carboxylic acids is 2. The number of rotatable bonds is 11. The van der Waals surface area contributed by atoms with Crippen molar-refractivity contribution in [3.8, 4) is 0 Å². The van der Waals surface area contributed by atoms with Crippen LogP contribution in [0.2, 0.25) is 0 Å². The van der Waals surface area contributed by atoms with Crippen LogP contribution in [-0.2, 0) is 32.6 Å². The molecule has 1 atom stereocenters. The Balaban J connectivity index is 2.14. The van der Waals surface area contributed by atoms with Crippen molar-refractivity contribution in [3.63, 3.8) is 0 Å². The van der Waals surface area contributed by atoms with E-state index in [-0.39, 0.29) is 37.7 Å². The number of anilines is 1. The molecule has 2 aromatic rings. The molecule has 2 rings (SSSR count). The van der Waals surface area contributed by atoms with E-state index in [9.17, 15) is 22.4 Å². The SMILES string of the molecule is CCc1ccc(N(CCCC(=O)N(Cc2ccccc2F)C(C)C(=O)NC)S(C)(=O)=O)cc1. The molecule has 180 valence electrons. The molecule has 0 aliphatic rings. The minimum Gasteiger partial charge on any atom is -0.357 e. The van der Waals surface area contributed by atoms with E-state index in [4.69, 9.17) is 0 Å². The minimum absolute atomic E-state index is 0.00878. The Morgan fingerprint density at radius 1 is 1.09 bits per heavy atom. The summed E-state index contributed by atoms with van der Waals surface area (Å²) in [7, 11) is -2.08. The molecule has 0 radical (unpaired) electrons. The molecule has 0 saturated heterocycles. The molecule has 0 aliphatic carbocycles. The van der Waals surface area contributed by atoms with E-state index in [0.717, 1.165) is 18.2 Å². The summed E-state index contributed by atoms with van der Waals surface area (Å²) in [5.41, 5.74) is 1.92. The summed E-state index contributed by atoms with van der Waals surface area (Å²) >= 11 is 0. The molecule has 9 heteroatoms. The number of hydrogen-bond donors (Lipinski definition) is 1. The van der Waals surface area contributed by atoms with Gasteiger partial charge in [-0.05, 0) is 43.5 Å². The Morgan fingerprint density at radius 2 is 1.73 bits per heavy atom. The number of amides is 2. The quantitative estimate of drug-likeness (QED) is 0.539. The molecule has 1 N–H and O–H groups in total. The number of nitrogens with zero attached hydrogens (tertiary/aromatic N) is 2. The van der Waals surface area contributed by atoms with Gasteiger partial charge in [-0.1, -0.05) is 37.3 Å². The second-order valence-corrected chi connectivity index (χ2v) is 9.77. The molecule has 0 bridgehead atoms. The van der Waals surface area contributed by atoms with Gasteiger partial charge in [-0.15, -0.1) is 0 Å². The van der Waals surface area contributed by atoms with Gasteiger partial charge in [-0.25, -0.2) is 12.8 Å². The fraction of sp³-hybridized carbons (Fsp3) is 0.417. The highest BCUT2D eigenvalue weighted by Crippen LogP contribution is 2.20. The molecular weight excluding hydrogens is 445 g/mol. The Kier molecular flexibility index (Phi) is 9.40. The highest BCUT2D eigenvalue weighted by atomic mass is 32.2. The predicted octanol–water partition coefficient (Wildman–Crippen LogP) is 3.10. The summed E-state index contributed by atoms with van der Waals surface area (Å²) in [5, 5.41) is 2.51. The zero-order valence-corrected chi connectivity index (χ0v) is 20.4. The van der Waals surface area contributed by atoms with Crippen LogP contribution in [0.3, 0.4) is 0 Å². The predicted molar refractivity (Wildman–Crippen MR) is 128 cm³/mol. The summed E-state index contributed by atoms with van der Waals surface area (Å²) in [5.74, 6) is -1.18. The summed E-state index contributed by atoms with van der Waals surface area (Å²) in [6, 6.07) is 12.5. The maximum Gasteiger partial charge on any atom is 0.242 e. The standard InChI is InChI=1S/C24H32FN3O4S/c1-5-19-12-14-21(15-13-19)28(33(4,31)32)16-8-11-23(29)27(18(2)24(30)26-3)17-20-9-6-7-10-22(20)25/h6-7,9-10,12-15,18H,5,8,11,16-17H2,1-4H3,(H,26,30). The molecule has 0 heterocycles. The molecule has 2 amide bonds. The number of sulfonamides is 1. The average molecular weight is 478 g/mol. The van der Waals surface area contributed by atoms with Crippen LogP contribution in [0.4, 0.5) is 10.1 Å². The van der Waals surface area contributed by atoms with Crippen molar-refractivity contribution in [1.82, 2.24) is 10.2 Å². The first-order valence-corrected chi connectivity index (χ1v) is 12.7. The first kappa shape index (κ1) is 26.3. The number of carbonyl (C=O) groups is 2. The summed E-state index contributed by atoms with van der Waals surface area (Å²) in [4.78, 5) is 26.5. The monoisotopic (exact) mass is 477 g/mol. The first-order valence-electron chi connectivity index (χ1n) is 10.9. The lowest BCUT2D eigenvalue weighted by atomic mass is 10.1. The third-order valence-corrected chi connectivity index (χ3v) is 6.69. The van der Waals surface area contributed by atoms with Gasteiger partial charge in [-0.3, -0.25) is 13.9 Å². The van der Waals surface area contributed by atoms with E-state index in [1.54, 1.807) is 37.3 Å². The van der Waals surface area contributed by atoms with Gasteiger partial charge in [0, 0.05) is 32.1 Å². The molecular formula is C24H32FN3O4S. The lowest BCUT2D eigenvalue weighted by Crippen LogP contribution is -2.47. The van der Waals surface area contributed by atoms with Crippen LogP contribution in [0, 0.1) is 5.82 Å². The largest absolute Gasteiger partial charge is 0.357 e. The van der Waals surface area contributed by atoms with E-state index in [0.29, 0.717) is 11.3 Å². The molecule has 0 saturated carbocycles. The van der Waals surface area contributed by atoms with Gasteiger partial charge in [0.05, 0.1) is 11.9 Å². The molecule has 7 nitrogen and oxygen atoms in total. The zero-order valence-electron chi connectivity index (χ0n) is 19.5. The van der Waals surface area contributed by atoms with Crippen LogP contribution < -0.4 is 9.62 Å². The van der Waals surface area contributed by atoms with Crippen molar-refractivity contribution in [3.05, 3.63) is 65.5 Å². The van der Waals surface area contributed by atoms with E-state index in [1.165, 1.54) is 22.3 Å². The van der Waals surface area contributed by atoms with E-state index < -0.39 is 21.9 Å². The van der Waals surface area contributed by atoms with Crippen molar-refractivity contribution >= 4 is 27.5 Å². The third kappa shape index (κ3) is 7.28. The lowest BCUT2D eigenvalue weighted by Gasteiger charge is -2.29. The fourth-order valence-corrected chi connectivity index (χ4v) is 4.47. The summed E-state index contributed by atoms with van der Waals surface area (Å²) in [6.07, 6.45) is 2.22. The summed E-state index contributed by atoms with van der Waals surface area (Å²) < 4.78 is 40.1. The number of benzene rings is 2. The van der Waals surface area contributed by atoms with Gasteiger partial charge < -0.3 is 10.2 Å². The van der Waals surface area contributed by atoms with Crippen molar-refractivity contribution in [2.24, 2.45) is 0 Å². The number of aryl methyl sites for hydroxylation is 1. The van der Waals surface area contributed by atoms with Crippen LogP contribution in [0.25, 0.3) is 0 Å². The van der Waals surface area contributed by atoms with Crippen LogP contribution in [0.5, 0.6) is 0 Å². The zero-order chi connectivity index (χ0) is 24.6. The van der Waals surface area contributed by atoms with E-state index >= 15 is 0 Å². The number of hydrogen-bond acceptors (Lipinski definition) is 4. The van der Waals surface area contributed by atoms with E-state index in [2.05, 4.69) is 5.32 Å². The second-order valence-electron chi connectivity index (χ2n) is 7.86. The molecule has 0 spiro atoms. The Bertz CT molecular complexity index is 1060. The van der Waals surface area contributed by atoms with Crippen molar-refractivity contribution < 1.29 is 22.4 Å². The fourth-order valence-electron chi connectivity index (χ4n) is 3.50. The molecule has 0 fully saturated rings. The normalized spacial score (nSPS) is 12.2.